The van der Waals surface area contributed by atoms with Crippen LogP contribution in [-0.2, 0) is 0 Å². The van der Waals surface area contributed by atoms with E-state index in [1.165, 1.54) is 29.2 Å². The number of carboxylic acid groups (broad SMARTS) is 1. The molecule has 6 heteroatoms. The number of halogens is 1. The van der Waals surface area contributed by atoms with Crippen LogP contribution >= 0.6 is 0 Å². The van der Waals surface area contributed by atoms with Gasteiger partial charge in [0.25, 0.3) is 0 Å². The van der Waals surface area contributed by atoms with Crippen molar-refractivity contribution in [2.75, 3.05) is 0 Å². The fourth-order valence-corrected chi connectivity index (χ4v) is 1.23. The van der Waals surface area contributed by atoms with Crippen molar-refractivity contribution in [1.82, 2.24) is 9.78 Å². The van der Waals surface area contributed by atoms with Gasteiger partial charge in [0.15, 0.2) is 5.75 Å². The number of hydrogen-bond donors (Lipinski definition) is 1. The van der Waals surface area contributed by atoms with Gasteiger partial charge in [-0.1, -0.05) is 12.1 Å². The molecule has 2 aromatic rings. The number of carbonyl (C=O) groups is 1. The van der Waals surface area contributed by atoms with Crippen LogP contribution in [0.4, 0.5) is 9.18 Å². The van der Waals surface area contributed by atoms with Crippen LogP contribution in [0.1, 0.15) is 0 Å². The lowest BCUT2D eigenvalue weighted by molar-refractivity contribution is 0.144. The number of hydrogen-bond acceptors (Lipinski definition) is 3. The maximum absolute atomic E-state index is 13.3. The first-order valence-corrected chi connectivity index (χ1v) is 4.37. The Morgan fingerprint density at radius 3 is 2.88 bits per heavy atom. The van der Waals surface area contributed by atoms with Gasteiger partial charge >= 0.3 is 6.16 Å². The van der Waals surface area contributed by atoms with Gasteiger partial charge in [-0.25, -0.2) is 13.9 Å². The summed E-state index contributed by atoms with van der Waals surface area (Å²) in [5.41, 5.74) is 0.225. The number of rotatable bonds is 2. The number of aromatic nitrogens is 2. The van der Waals surface area contributed by atoms with E-state index >= 15 is 0 Å². The van der Waals surface area contributed by atoms with Crippen molar-refractivity contribution in [3.05, 3.63) is 42.5 Å². The molecule has 1 N–H and O–H groups in total. The Hall–Kier alpha value is -2.37. The molecule has 1 aromatic carbocycles. The first kappa shape index (κ1) is 10.2. The number of ether oxygens (including phenoxy) is 1. The zero-order chi connectivity index (χ0) is 11.5. The van der Waals surface area contributed by atoms with Crippen molar-refractivity contribution in [2.24, 2.45) is 0 Å². The molecule has 0 unspecified atom stereocenters. The van der Waals surface area contributed by atoms with Crippen LogP contribution in [0.2, 0.25) is 0 Å². The van der Waals surface area contributed by atoms with Crippen molar-refractivity contribution in [2.45, 2.75) is 0 Å². The third-order valence-electron chi connectivity index (χ3n) is 1.86. The molecular formula is C10H7FN2O3. The summed E-state index contributed by atoms with van der Waals surface area (Å²) in [6.07, 6.45) is 1.04. The molecule has 0 spiro atoms. The predicted molar refractivity (Wildman–Crippen MR) is 52.2 cm³/mol. The average Bonchev–Trinajstić information content (AvgIpc) is 2.66. The highest BCUT2D eigenvalue weighted by molar-refractivity contribution is 5.60. The maximum Gasteiger partial charge on any atom is 0.511 e. The molecule has 0 atom stereocenters. The molecule has 0 aliphatic rings. The fourth-order valence-electron chi connectivity index (χ4n) is 1.23. The van der Waals surface area contributed by atoms with Gasteiger partial charge in [0.2, 0.25) is 0 Å². The molecule has 0 aliphatic heterocycles. The molecule has 0 radical (unpaired) electrons. The molecule has 0 saturated carbocycles. The van der Waals surface area contributed by atoms with E-state index in [2.05, 4.69) is 9.84 Å². The molecule has 2 rings (SSSR count). The highest BCUT2D eigenvalue weighted by atomic mass is 19.1. The van der Waals surface area contributed by atoms with E-state index in [0.29, 0.717) is 0 Å². The van der Waals surface area contributed by atoms with Gasteiger partial charge in [-0.2, -0.15) is 5.10 Å². The quantitative estimate of drug-likeness (QED) is 0.790. The number of para-hydroxylation sites is 1. The summed E-state index contributed by atoms with van der Waals surface area (Å²) in [4.78, 5) is 10.2. The Balaban J connectivity index is 2.32. The van der Waals surface area contributed by atoms with E-state index in [4.69, 9.17) is 5.11 Å². The van der Waals surface area contributed by atoms with E-state index in [-0.39, 0.29) is 11.4 Å². The Morgan fingerprint density at radius 1 is 1.44 bits per heavy atom. The second-order valence-electron chi connectivity index (χ2n) is 2.94. The maximum atomic E-state index is 13.3. The van der Waals surface area contributed by atoms with Crippen molar-refractivity contribution in [3.8, 4) is 11.4 Å². The third kappa shape index (κ3) is 2.00. The number of benzene rings is 1. The normalized spacial score (nSPS) is 10.1. The highest BCUT2D eigenvalue weighted by Crippen LogP contribution is 2.16. The monoisotopic (exact) mass is 222 g/mol. The zero-order valence-electron chi connectivity index (χ0n) is 8.00. The molecule has 82 valence electrons. The minimum absolute atomic E-state index is 0.0377. The van der Waals surface area contributed by atoms with Gasteiger partial charge in [0, 0.05) is 0 Å². The average molecular weight is 222 g/mol. The second kappa shape index (κ2) is 4.01. The standard InChI is InChI=1S/C10H7FN2O3/c11-8-3-1-2-4-9(8)13-6-7(5-12-13)16-10(14)15/h1-6H,(H,14,15). The minimum Gasteiger partial charge on any atom is -0.449 e. The van der Waals surface area contributed by atoms with E-state index in [1.54, 1.807) is 12.1 Å². The minimum atomic E-state index is -1.44. The van der Waals surface area contributed by atoms with E-state index < -0.39 is 12.0 Å². The third-order valence-corrected chi connectivity index (χ3v) is 1.86. The predicted octanol–water partition coefficient (Wildman–Crippen LogP) is 2.07. The zero-order valence-corrected chi connectivity index (χ0v) is 8.00. The lowest BCUT2D eigenvalue weighted by Crippen LogP contribution is -2.02. The van der Waals surface area contributed by atoms with Gasteiger partial charge in [-0.15, -0.1) is 0 Å². The Morgan fingerprint density at radius 2 is 2.19 bits per heavy atom. The van der Waals surface area contributed by atoms with Crippen LogP contribution in [0.15, 0.2) is 36.7 Å². The van der Waals surface area contributed by atoms with Crippen molar-refractivity contribution in [1.29, 1.82) is 0 Å². The largest absolute Gasteiger partial charge is 0.511 e. The molecule has 0 saturated heterocycles. The number of nitrogens with zero attached hydrogens (tertiary/aromatic N) is 2. The van der Waals surface area contributed by atoms with Gasteiger partial charge in [-0.05, 0) is 12.1 Å². The summed E-state index contributed by atoms with van der Waals surface area (Å²) >= 11 is 0. The summed E-state index contributed by atoms with van der Waals surface area (Å²) in [6, 6.07) is 6.01. The van der Waals surface area contributed by atoms with Crippen molar-refractivity contribution < 1.29 is 19.0 Å². The molecule has 5 nitrogen and oxygen atoms in total. The Kier molecular flexibility index (Phi) is 2.55. The van der Waals surface area contributed by atoms with Crippen LogP contribution < -0.4 is 4.74 Å². The molecule has 1 aromatic heterocycles. The highest BCUT2D eigenvalue weighted by Gasteiger charge is 2.08. The summed E-state index contributed by atoms with van der Waals surface area (Å²) < 4.78 is 18.9. The van der Waals surface area contributed by atoms with E-state index in [1.807, 2.05) is 0 Å². The SMILES string of the molecule is O=C(O)Oc1cnn(-c2ccccc2F)c1. The Labute approximate surface area is 89.7 Å². The summed E-state index contributed by atoms with van der Waals surface area (Å²) in [5.74, 6) is -0.414. The first-order valence-electron chi connectivity index (χ1n) is 4.37. The molecule has 0 aliphatic carbocycles. The lowest BCUT2D eigenvalue weighted by Gasteiger charge is -2.01. The van der Waals surface area contributed by atoms with Crippen LogP contribution in [0.3, 0.4) is 0 Å². The molecule has 0 amide bonds. The second-order valence-corrected chi connectivity index (χ2v) is 2.94. The van der Waals surface area contributed by atoms with E-state index in [9.17, 15) is 9.18 Å². The van der Waals surface area contributed by atoms with Gasteiger partial charge < -0.3 is 9.84 Å². The first-order chi connectivity index (χ1) is 7.66. The van der Waals surface area contributed by atoms with Gasteiger partial charge in [0.05, 0.1) is 12.4 Å². The lowest BCUT2D eigenvalue weighted by atomic mass is 10.3. The van der Waals surface area contributed by atoms with Crippen molar-refractivity contribution >= 4 is 6.16 Å². The molecule has 16 heavy (non-hydrogen) atoms. The molecule has 0 bridgehead atoms. The molecule has 1 heterocycles. The van der Waals surface area contributed by atoms with Crippen molar-refractivity contribution in [3.63, 3.8) is 0 Å². The molecular weight excluding hydrogens is 215 g/mol. The summed E-state index contributed by atoms with van der Waals surface area (Å²) in [5, 5.41) is 12.2. The Bertz CT molecular complexity index is 524. The topological polar surface area (TPSA) is 64.3 Å². The summed E-state index contributed by atoms with van der Waals surface area (Å²) in [7, 11) is 0. The smallest absolute Gasteiger partial charge is 0.449 e. The van der Waals surface area contributed by atoms with Crippen LogP contribution in [0.25, 0.3) is 5.69 Å². The van der Waals surface area contributed by atoms with Gasteiger partial charge in [-0.3, -0.25) is 0 Å². The summed E-state index contributed by atoms with van der Waals surface area (Å²) in [6.45, 7) is 0. The van der Waals surface area contributed by atoms with Crippen LogP contribution in [0.5, 0.6) is 5.75 Å². The van der Waals surface area contributed by atoms with Crippen LogP contribution in [-0.4, -0.2) is 21.0 Å². The fraction of sp³-hybridized carbons (Fsp3) is 0. The van der Waals surface area contributed by atoms with Crippen LogP contribution in [0, 0.1) is 5.82 Å². The van der Waals surface area contributed by atoms with E-state index in [0.717, 1.165) is 0 Å². The molecule has 0 fully saturated rings. The van der Waals surface area contributed by atoms with Gasteiger partial charge in [0.1, 0.15) is 11.5 Å².